The highest BCUT2D eigenvalue weighted by molar-refractivity contribution is 7.71. The third kappa shape index (κ3) is 3.80. The average molecular weight is 372 g/mol. The number of methoxy groups -OCH3 is 1. The molecule has 134 valence electrons. The van der Waals surface area contributed by atoms with E-state index in [9.17, 15) is 4.39 Å². The number of aromatic nitrogens is 3. The van der Waals surface area contributed by atoms with Crippen molar-refractivity contribution in [1.82, 2.24) is 14.9 Å². The Kier molecular flexibility index (Phi) is 5.43. The number of nitrogens with zero attached hydrogens (tertiary/aromatic N) is 3. The van der Waals surface area contributed by atoms with Crippen LogP contribution in [-0.2, 0) is 0 Å². The normalized spacial score (nSPS) is 11.0. The van der Waals surface area contributed by atoms with Gasteiger partial charge in [0.15, 0.2) is 17.3 Å². The van der Waals surface area contributed by atoms with Gasteiger partial charge < -0.3 is 9.47 Å². The van der Waals surface area contributed by atoms with Crippen molar-refractivity contribution < 1.29 is 13.9 Å². The molecular formula is C18H17FN4O2S. The van der Waals surface area contributed by atoms with Crippen molar-refractivity contribution in [1.29, 1.82) is 0 Å². The maximum absolute atomic E-state index is 13.5. The minimum absolute atomic E-state index is 0.305. The second-order valence-corrected chi connectivity index (χ2v) is 5.65. The van der Waals surface area contributed by atoms with Crippen molar-refractivity contribution in [3.05, 3.63) is 58.6 Å². The van der Waals surface area contributed by atoms with E-state index in [1.807, 2.05) is 19.1 Å². The predicted molar refractivity (Wildman–Crippen MR) is 100.0 cm³/mol. The summed E-state index contributed by atoms with van der Waals surface area (Å²) in [6, 6.07) is 11.5. The third-order valence-corrected chi connectivity index (χ3v) is 3.81. The van der Waals surface area contributed by atoms with Crippen molar-refractivity contribution in [2.45, 2.75) is 6.92 Å². The van der Waals surface area contributed by atoms with Crippen molar-refractivity contribution in [2.24, 2.45) is 5.10 Å². The zero-order chi connectivity index (χ0) is 18.5. The number of H-pyrrole nitrogens is 1. The van der Waals surface area contributed by atoms with Gasteiger partial charge in [0, 0.05) is 5.56 Å². The SMILES string of the molecule is CCOc1cc(/C=N\n2c(-c3cccc(F)c3)n[nH]c2=S)ccc1OC. The van der Waals surface area contributed by atoms with Gasteiger partial charge in [-0.1, -0.05) is 12.1 Å². The van der Waals surface area contributed by atoms with E-state index < -0.39 is 0 Å². The van der Waals surface area contributed by atoms with Crippen LogP contribution in [0.25, 0.3) is 11.4 Å². The van der Waals surface area contributed by atoms with Crippen molar-refractivity contribution >= 4 is 18.4 Å². The van der Waals surface area contributed by atoms with Gasteiger partial charge in [0.2, 0.25) is 4.77 Å². The van der Waals surface area contributed by atoms with E-state index in [-0.39, 0.29) is 5.82 Å². The third-order valence-electron chi connectivity index (χ3n) is 3.54. The highest BCUT2D eigenvalue weighted by atomic mass is 32.1. The Morgan fingerprint density at radius 2 is 2.12 bits per heavy atom. The highest BCUT2D eigenvalue weighted by Crippen LogP contribution is 2.27. The van der Waals surface area contributed by atoms with E-state index >= 15 is 0 Å². The standard InChI is InChI=1S/C18H17FN4O2S/c1-3-25-16-9-12(7-8-15(16)24-2)11-20-23-17(21-22-18(23)26)13-5-4-6-14(19)10-13/h4-11H,3H2,1-2H3,(H,22,26)/b20-11-. The van der Waals surface area contributed by atoms with Crippen LogP contribution in [0.1, 0.15) is 12.5 Å². The summed E-state index contributed by atoms with van der Waals surface area (Å²) in [5.41, 5.74) is 1.36. The molecule has 1 heterocycles. The summed E-state index contributed by atoms with van der Waals surface area (Å²) in [4.78, 5) is 0. The fourth-order valence-electron chi connectivity index (χ4n) is 2.38. The number of hydrogen-bond acceptors (Lipinski definition) is 5. The summed E-state index contributed by atoms with van der Waals surface area (Å²) in [6.07, 6.45) is 1.62. The minimum atomic E-state index is -0.358. The van der Waals surface area contributed by atoms with E-state index in [1.165, 1.54) is 16.8 Å². The second kappa shape index (κ2) is 7.92. The Morgan fingerprint density at radius 3 is 2.85 bits per heavy atom. The van der Waals surface area contributed by atoms with Gasteiger partial charge in [0.05, 0.1) is 19.9 Å². The summed E-state index contributed by atoms with van der Waals surface area (Å²) in [6.45, 7) is 2.42. The molecule has 0 amide bonds. The maximum Gasteiger partial charge on any atom is 0.216 e. The molecule has 0 saturated heterocycles. The molecule has 0 aliphatic carbocycles. The summed E-state index contributed by atoms with van der Waals surface area (Å²) in [5.74, 6) is 1.33. The number of ether oxygens (including phenoxy) is 2. The average Bonchev–Trinajstić information content (AvgIpc) is 3.01. The van der Waals surface area contributed by atoms with Crippen LogP contribution >= 0.6 is 12.2 Å². The minimum Gasteiger partial charge on any atom is -0.493 e. The molecule has 1 aromatic heterocycles. The molecule has 0 radical (unpaired) electrons. The van der Waals surface area contributed by atoms with Crippen LogP contribution in [0.2, 0.25) is 0 Å². The lowest BCUT2D eigenvalue weighted by Crippen LogP contribution is -1.98. The van der Waals surface area contributed by atoms with Crippen molar-refractivity contribution in [2.75, 3.05) is 13.7 Å². The summed E-state index contributed by atoms with van der Waals surface area (Å²) in [7, 11) is 1.59. The molecule has 0 atom stereocenters. The van der Waals surface area contributed by atoms with Gasteiger partial charge in [-0.3, -0.25) is 0 Å². The Balaban J connectivity index is 1.96. The lowest BCUT2D eigenvalue weighted by Gasteiger charge is -2.09. The Hall–Kier alpha value is -3.00. The molecule has 3 rings (SSSR count). The lowest BCUT2D eigenvalue weighted by molar-refractivity contribution is 0.311. The largest absolute Gasteiger partial charge is 0.493 e. The van der Waals surface area contributed by atoms with E-state index in [2.05, 4.69) is 15.3 Å². The highest BCUT2D eigenvalue weighted by Gasteiger charge is 2.09. The molecule has 0 bridgehead atoms. The number of halogens is 1. The Morgan fingerprint density at radius 1 is 1.27 bits per heavy atom. The van der Waals surface area contributed by atoms with Gasteiger partial charge in [-0.15, -0.1) is 0 Å². The smallest absolute Gasteiger partial charge is 0.216 e. The molecule has 6 nitrogen and oxygen atoms in total. The number of rotatable bonds is 6. The first-order valence-electron chi connectivity index (χ1n) is 7.91. The topological polar surface area (TPSA) is 64.4 Å². The first kappa shape index (κ1) is 17.8. The fourth-order valence-corrected chi connectivity index (χ4v) is 2.56. The molecule has 8 heteroatoms. The fraction of sp³-hybridized carbons (Fsp3) is 0.167. The molecule has 0 saturated carbocycles. The van der Waals surface area contributed by atoms with Crippen LogP contribution in [0.15, 0.2) is 47.6 Å². The molecule has 3 aromatic rings. The van der Waals surface area contributed by atoms with Gasteiger partial charge in [0.25, 0.3) is 0 Å². The molecular weight excluding hydrogens is 355 g/mol. The van der Waals surface area contributed by atoms with Crippen LogP contribution in [-0.4, -0.2) is 34.8 Å². The van der Waals surface area contributed by atoms with Gasteiger partial charge in [-0.2, -0.15) is 14.9 Å². The van der Waals surface area contributed by atoms with Gasteiger partial charge in [-0.05, 0) is 55.0 Å². The van der Waals surface area contributed by atoms with Crippen LogP contribution in [0.3, 0.4) is 0 Å². The van der Waals surface area contributed by atoms with Gasteiger partial charge in [-0.25, -0.2) is 9.49 Å². The van der Waals surface area contributed by atoms with Crippen LogP contribution in [0, 0.1) is 10.6 Å². The summed E-state index contributed by atoms with van der Waals surface area (Å²) < 4.78 is 26.1. The van der Waals surface area contributed by atoms with E-state index in [1.54, 1.807) is 31.5 Å². The van der Waals surface area contributed by atoms with Crippen LogP contribution in [0.5, 0.6) is 11.5 Å². The Bertz CT molecular complexity index is 997. The number of aromatic amines is 1. The number of benzene rings is 2. The molecule has 0 spiro atoms. The maximum atomic E-state index is 13.5. The van der Waals surface area contributed by atoms with E-state index in [0.717, 1.165) is 5.56 Å². The van der Waals surface area contributed by atoms with Crippen LogP contribution in [0.4, 0.5) is 4.39 Å². The number of nitrogens with one attached hydrogen (secondary N) is 1. The number of hydrogen-bond donors (Lipinski definition) is 1. The van der Waals surface area contributed by atoms with Gasteiger partial charge in [0.1, 0.15) is 5.82 Å². The quantitative estimate of drug-likeness (QED) is 0.524. The molecule has 0 aliphatic rings. The summed E-state index contributed by atoms with van der Waals surface area (Å²) in [5, 5.41) is 11.2. The molecule has 0 fully saturated rings. The predicted octanol–water partition coefficient (Wildman–Crippen LogP) is 4.04. The Labute approximate surface area is 154 Å². The molecule has 26 heavy (non-hydrogen) atoms. The molecule has 0 unspecified atom stereocenters. The first-order valence-corrected chi connectivity index (χ1v) is 8.31. The van der Waals surface area contributed by atoms with Crippen molar-refractivity contribution in [3.8, 4) is 22.9 Å². The zero-order valence-electron chi connectivity index (χ0n) is 14.3. The van der Waals surface area contributed by atoms with Crippen LogP contribution < -0.4 is 9.47 Å². The van der Waals surface area contributed by atoms with E-state index in [4.69, 9.17) is 21.7 Å². The van der Waals surface area contributed by atoms with E-state index in [0.29, 0.717) is 34.3 Å². The van der Waals surface area contributed by atoms with Crippen molar-refractivity contribution in [3.63, 3.8) is 0 Å². The lowest BCUT2D eigenvalue weighted by atomic mass is 10.2. The second-order valence-electron chi connectivity index (χ2n) is 5.26. The molecule has 2 aromatic carbocycles. The molecule has 1 N–H and O–H groups in total. The monoisotopic (exact) mass is 372 g/mol. The van der Waals surface area contributed by atoms with Gasteiger partial charge >= 0.3 is 0 Å². The summed E-state index contributed by atoms with van der Waals surface area (Å²) >= 11 is 5.22. The zero-order valence-corrected chi connectivity index (χ0v) is 15.1. The first-order chi connectivity index (χ1) is 12.6. The molecule has 0 aliphatic heterocycles.